The molecule has 0 spiro atoms. The number of nitrogens with one attached hydrogen (secondary N) is 1. The fourth-order valence-corrected chi connectivity index (χ4v) is 3.89. The molecule has 0 bridgehead atoms. The van der Waals surface area contributed by atoms with Crippen LogP contribution in [0.1, 0.15) is 41.3 Å². The van der Waals surface area contributed by atoms with E-state index >= 15 is 0 Å². The van der Waals surface area contributed by atoms with E-state index in [0.29, 0.717) is 6.54 Å². The van der Waals surface area contributed by atoms with E-state index in [0.717, 1.165) is 37.4 Å². The van der Waals surface area contributed by atoms with E-state index in [4.69, 9.17) is 0 Å². The number of imidazole rings is 1. The summed E-state index contributed by atoms with van der Waals surface area (Å²) in [5.74, 6) is 1.29. The van der Waals surface area contributed by atoms with Gasteiger partial charge < -0.3 is 14.8 Å². The van der Waals surface area contributed by atoms with Crippen molar-refractivity contribution in [1.29, 1.82) is 0 Å². The van der Waals surface area contributed by atoms with Gasteiger partial charge in [-0.2, -0.15) is 0 Å². The highest BCUT2D eigenvalue weighted by Gasteiger charge is 2.27. The summed E-state index contributed by atoms with van der Waals surface area (Å²) in [6.45, 7) is 6.36. The monoisotopic (exact) mass is 389 g/mol. The van der Waals surface area contributed by atoms with Gasteiger partial charge >= 0.3 is 6.03 Å². The van der Waals surface area contributed by atoms with E-state index in [1.165, 1.54) is 16.7 Å². The van der Waals surface area contributed by atoms with Gasteiger partial charge in [0.2, 0.25) is 0 Å². The second-order valence-electron chi connectivity index (χ2n) is 7.78. The van der Waals surface area contributed by atoms with Crippen LogP contribution in [0.5, 0.6) is 0 Å². The third-order valence-corrected chi connectivity index (χ3v) is 5.68. The SMILES string of the molecule is Cc1ccc(NC(=O)N2CCC[C@@H](c3nccn3Cc3ccncc3)C2)cc1C. The number of urea groups is 1. The van der Waals surface area contributed by atoms with Gasteiger partial charge in [0.25, 0.3) is 0 Å². The van der Waals surface area contributed by atoms with Crippen LogP contribution in [-0.4, -0.2) is 38.6 Å². The number of hydrogen-bond acceptors (Lipinski definition) is 3. The fraction of sp³-hybridized carbons (Fsp3) is 0.348. The quantitative estimate of drug-likeness (QED) is 0.721. The molecule has 150 valence electrons. The van der Waals surface area contributed by atoms with Crippen LogP contribution in [0.25, 0.3) is 0 Å². The molecule has 0 radical (unpaired) electrons. The zero-order valence-corrected chi connectivity index (χ0v) is 17.0. The van der Waals surface area contributed by atoms with Gasteiger partial charge in [0.05, 0.1) is 0 Å². The summed E-state index contributed by atoms with van der Waals surface area (Å²) >= 11 is 0. The highest BCUT2D eigenvalue weighted by Crippen LogP contribution is 2.27. The molecular formula is C23H27N5O. The van der Waals surface area contributed by atoms with Gasteiger partial charge in [0.1, 0.15) is 5.82 Å². The van der Waals surface area contributed by atoms with Crippen LogP contribution in [-0.2, 0) is 6.54 Å². The fourth-order valence-electron chi connectivity index (χ4n) is 3.89. The lowest BCUT2D eigenvalue weighted by atomic mass is 9.97. The largest absolute Gasteiger partial charge is 0.330 e. The summed E-state index contributed by atoms with van der Waals surface area (Å²) in [6, 6.07) is 10.0. The highest BCUT2D eigenvalue weighted by atomic mass is 16.2. The number of hydrogen-bond donors (Lipinski definition) is 1. The third kappa shape index (κ3) is 4.47. The molecule has 1 saturated heterocycles. The number of carbonyl (C=O) groups is 1. The molecule has 3 aromatic rings. The lowest BCUT2D eigenvalue weighted by Crippen LogP contribution is -2.42. The van der Waals surface area contributed by atoms with E-state index in [1.54, 1.807) is 0 Å². The Morgan fingerprint density at radius 2 is 1.97 bits per heavy atom. The number of likely N-dealkylation sites (tertiary alicyclic amines) is 1. The van der Waals surface area contributed by atoms with Gasteiger partial charge in [0, 0.05) is 56.0 Å². The first kappa shape index (κ1) is 19.2. The molecule has 0 aliphatic carbocycles. The van der Waals surface area contributed by atoms with Crippen LogP contribution >= 0.6 is 0 Å². The van der Waals surface area contributed by atoms with Crippen LogP contribution in [0.3, 0.4) is 0 Å². The smallest absolute Gasteiger partial charge is 0.321 e. The number of aryl methyl sites for hydroxylation is 2. The molecule has 0 saturated carbocycles. The zero-order chi connectivity index (χ0) is 20.2. The Morgan fingerprint density at radius 1 is 1.14 bits per heavy atom. The molecule has 1 fully saturated rings. The normalized spacial score (nSPS) is 16.6. The first-order valence-electron chi connectivity index (χ1n) is 10.1. The molecule has 0 unspecified atom stereocenters. The van der Waals surface area contributed by atoms with Crippen molar-refractivity contribution in [1.82, 2.24) is 19.4 Å². The minimum absolute atomic E-state index is 0.0369. The molecular weight excluding hydrogens is 362 g/mol. The second-order valence-corrected chi connectivity index (χ2v) is 7.78. The summed E-state index contributed by atoms with van der Waals surface area (Å²) in [5, 5.41) is 3.05. The van der Waals surface area contributed by atoms with Gasteiger partial charge in [0.15, 0.2) is 0 Å². The number of nitrogens with zero attached hydrogens (tertiary/aromatic N) is 4. The van der Waals surface area contributed by atoms with Crippen molar-refractivity contribution in [2.24, 2.45) is 0 Å². The maximum atomic E-state index is 12.8. The zero-order valence-electron chi connectivity index (χ0n) is 17.0. The molecule has 6 nitrogen and oxygen atoms in total. The number of rotatable bonds is 4. The Hall–Kier alpha value is -3.15. The number of pyridine rings is 1. The third-order valence-electron chi connectivity index (χ3n) is 5.68. The van der Waals surface area contributed by atoms with Gasteiger partial charge in [-0.25, -0.2) is 9.78 Å². The van der Waals surface area contributed by atoms with Crippen LogP contribution in [0.2, 0.25) is 0 Å². The predicted octanol–water partition coefficient (Wildman–Crippen LogP) is 4.35. The maximum absolute atomic E-state index is 12.8. The summed E-state index contributed by atoms with van der Waals surface area (Å²) in [6.07, 6.45) is 9.51. The molecule has 2 aromatic heterocycles. The number of benzene rings is 1. The first-order valence-corrected chi connectivity index (χ1v) is 10.1. The van der Waals surface area contributed by atoms with E-state index in [1.807, 2.05) is 60.0 Å². The summed E-state index contributed by atoms with van der Waals surface area (Å²) in [7, 11) is 0. The molecule has 1 atom stereocenters. The van der Waals surface area contributed by atoms with Crippen molar-refractivity contribution in [2.75, 3.05) is 18.4 Å². The topological polar surface area (TPSA) is 63.1 Å². The highest BCUT2D eigenvalue weighted by molar-refractivity contribution is 5.89. The summed E-state index contributed by atoms with van der Waals surface area (Å²) in [5.41, 5.74) is 4.44. The first-order chi connectivity index (χ1) is 14.1. The molecule has 1 N–H and O–H groups in total. The standard InChI is InChI=1S/C23H27N5O/c1-17-5-6-21(14-18(17)2)26-23(29)28-12-3-4-20(16-28)22-25-11-13-27(22)15-19-7-9-24-10-8-19/h5-11,13-14,20H,3-4,12,15-16H2,1-2H3,(H,26,29)/t20-/m1/s1. The van der Waals surface area contributed by atoms with Gasteiger partial charge in [-0.15, -0.1) is 0 Å². The van der Waals surface area contributed by atoms with E-state index in [2.05, 4.69) is 33.7 Å². The summed E-state index contributed by atoms with van der Waals surface area (Å²) < 4.78 is 2.19. The molecule has 6 heteroatoms. The lowest BCUT2D eigenvalue weighted by molar-refractivity contribution is 0.190. The van der Waals surface area contributed by atoms with Crippen LogP contribution in [0.15, 0.2) is 55.1 Å². The number of anilines is 1. The van der Waals surface area contributed by atoms with Gasteiger partial charge in [-0.1, -0.05) is 6.07 Å². The predicted molar refractivity (Wildman–Crippen MR) is 114 cm³/mol. The number of amides is 2. The molecule has 1 aliphatic rings. The maximum Gasteiger partial charge on any atom is 0.321 e. The van der Waals surface area contributed by atoms with Crippen LogP contribution in [0, 0.1) is 13.8 Å². The Balaban J connectivity index is 1.44. The van der Waals surface area contributed by atoms with E-state index in [9.17, 15) is 4.79 Å². The molecule has 1 aliphatic heterocycles. The van der Waals surface area contributed by atoms with E-state index in [-0.39, 0.29) is 11.9 Å². The Labute approximate surface area is 171 Å². The van der Waals surface area contributed by atoms with Crippen molar-refractivity contribution >= 4 is 11.7 Å². The van der Waals surface area contributed by atoms with Crippen molar-refractivity contribution in [2.45, 2.75) is 39.2 Å². The van der Waals surface area contributed by atoms with Crippen LogP contribution in [0.4, 0.5) is 10.5 Å². The molecule has 3 heterocycles. The Kier molecular flexibility index (Phi) is 5.60. The Bertz CT molecular complexity index is 982. The van der Waals surface area contributed by atoms with Crippen LogP contribution < -0.4 is 5.32 Å². The number of carbonyl (C=O) groups excluding carboxylic acids is 1. The minimum Gasteiger partial charge on any atom is -0.330 e. The Morgan fingerprint density at radius 3 is 2.76 bits per heavy atom. The lowest BCUT2D eigenvalue weighted by Gasteiger charge is -2.32. The number of aromatic nitrogens is 3. The van der Waals surface area contributed by atoms with Gasteiger partial charge in [-0.05, 0) is 67.6 Å². The van der Waals surface area contributed by atoms with E-state index < -0.39 is 0 Å². The van der Waals surface area contributed by atoms with Gasteiger partial charge in [-0.3, -0.25) is 4.98 Å². The molecule has 4 rings (SSSR count). The molecule has 29 heavy (non-hydrogen) atoms. The van der Waals surface area contributed by atoms with Crippen molar-refractivity contribution < 1.29 is 4.79 Å². The second kappa shape index (κ2) is 8.47. The summed E-state index contributed by atoms with van der Waals surface area (Å²) in [4.78, 5) is 23.5. The van der Waals surface area contributed by atoms with Crippen molar-refractivity contribution in [3.63, 3.8) is 0 Å². The van der Waals surface area contributed by atoms with Crippen molar-refractivity contribution in [3.8, 4) is 0 Å². The van der Waals surface area contributed by atoms with Crippen molar-refractivity contribution in [3.05, 3.63) is 77.6 Å². The average Bonchev–Trinajstić information content (AvgIpc) is 3.20. The molecule has 2 amide bonds. The molecule has 1 aromatic carbocycles. The minimum atomic E-state index is -0.0369. The average molecular weight is 390 g/mol. The number of piperidine rings is 1.